The lowest BCUT2D eigenvalue weighted by atomic mass is 10.4. The van der Waals surface area contributed by atoms with Crippen molar-refractivity contribution in [1.29, 1.82) is 0 Å². The summed E-state index contributed by atoms with van der Waals surface area (Å²) in [6, 6.07) is 3.24. The van der Waals surface area contributed by atoms with Crippen molar-refractivity contribution in [2.24, 2.45) is 0 Å². The summed E-state index contributed by atoms with van der Waals surface area (Å²) >= 11 is 1.16. The summed E-state index contributed by atoms with van der Waals surface area (Å²) in [4.78, 5) is 10.4. The molecular formula is C12H14N4O3S2. The number of sulfonamides is 1. The van der Waals surface area contributed by atoms with Crippen molar-refractivity contribution in [1.82, 2.24) is 9.97 Å². The van der Waals surface area contributed by atoms with Crippen LogP contribution in [-0.2, 0) is 14.8 Å². The van der Waals surface area contributed by atoms with E-state index in [0.29, 0.717) is 24.8 Å². The largest absolute Gasteiger partial charge is 0.378 e. The summed E-state index contributed by atoms with van der Waals surface area (Å²) in [5, 5.41) is 1.71. The minimum absolute atomic E-state index is 0.264. The first-order valence-corrected chi connectivity index (χ1v) is 8.72. The van der Waals surface area contributed by atoms with Crippen molar-refractivity contribution in [3.8, 4) is 0 Å². The van der Waals surface area contributed by atoms with E-state index in [1.54, 1.807) is 17.5 Å². The smallest absolute Gasteiger partial charge is 0.271 e. The third-order valence-electron chi connectivity index (χ3n) is 2.94. The maximum atomic E-state index is 12.1. The van der Waals surface area contributed by atoms with Crippen LogP contribution in [0, 0.1) is 0 Å². The van der Waals surface area contributed by atoms with Crippen molar-refractivity contribution < 1.29 is 13.2 Å². The number of morpholine rings is 1. The Kier molecular flexibility index (Phi) is 4.04. The van der Waals surface area contributed by atoms with E-state index in [1.165, 1.54) is 12.4 Å². The van der Waals surface area contributed by atoms with Crippen LogP contribution in [0.5, 0.6) is 0 Å². The molecule has 9 heteroatoms. The van der Waals surface area contributed by atoms with Gasteiger partial charge in [-0.25, -0.2) is 18.4 Å². The molecule has 7 nitrogen and oxygen atoms in total. The van der Waals surface area contributed by atoms with E-state index in [2.05, 4.69) is 14.7 Å². The molecule has 112 valence electrons. The van der Waals surface area contributed by atoms with Crippen LogP contribution >= 0.6 is 11.3 Å². The zero-order valence-electron chi connectivity index (χ0n) is 11.1. The second kappa shape index (κ2) is 5.96. The number of rotatable bonds is 4. The normalized spacial score (nSPS) is 15.9. The number of aromatic nitrogens is 2. The third kappa shape index (κ3) is 3.31. The van der Waals surface area contributed by atoms with Crippen molar-refractivity contribution in [2.45, 2.75) is 4.21 Å². The van der Waals surface area contributed by atoms with Crippen molar-refractivity contribution in [3.63, 3.8) is 0 Å². The van der Waals surface area contributed by atoms with Gasteiger partial charge < -0.3 is 9.64 Å². The molecule has 0 amide bonds. The Morgan fingerprint density at radius 2 is 1.95 bits per heavy atom. The zero-order chi connectivity index (χ0) is 14.7. The Morgan fingerprint density at radius 1 is 1.24 bits per heavy atom. The van der Waals surface area contributed by atoms with Crippen LogP contribution in [0.2, 0.25) is 0 Å². The molecule has 0 aliphatic carbocycles. The van der Waals surface area contributed by atoms with Crippen molar-refractivity contribution >= 4 is 33.0 Å². The Morgan fingerprint density at radius 3 is 2.57 bits per heavy atom. The molecule has 2 aromatic rings. The minimum Gasteiger partial charge on any atom is -0.378 e. The van der Waals surface area contributed by atoms with Gasteiger partial charge in [0.15, 0.2) is 0 Å². The van der Waals surface area contributed by atoms with Gasteiger partial charge >= 0.3 is 0 Å². The minimum atomic E-state index is -3.55. The van der Waals surface area contributed by atoms with Crippen LogP contribution in [0.1, 0.15) is 0 Å². The number of anilines is 2. The summed E-state index contributed by atoms with van der Waals surface area (Å²) in [6.45, 7) is 2.77. The molecule has 0 unspecified atom stereocenters. The van der Waals surface area contributed by atoms with E-state index >= 15 is 0 Å². The average Bonchev–Trinajstić information content (AvgIpc) is 3.04. The van der Waals surface area contributed by atoms with Crippen molar-refractivity contribution in [2.75, 3.05) is 35.9 Å². The van der Waals surface area contributed by atoms with E-state index < -0.39 is 10.0 Å². The second-order valence-electron chi connectivity index (χ2n) is 4.41. The number of ether oxygens (including phenoxy) is 1. The summed E-state index contributed by atoms with van der Waals surface area (Å²) in [5.74, 6) is 0.581. The van der Waals surface area contributed by atoms with Crippen LogP contribution in [0.25, 0.3) is 0 Å². The monoisotopic (exact) mass is 326 g/mol. The summed E-state index contributed by atoms with van der Waals surface area (Å²) in [7, 11) is -3.55. The Labute approximate surface area is 126 Å². The molecule has 0 spiro atoms. The first-order valence-electron chi connectivity index (χ1n) is 6.36. The fourth-order valence-corrected chi connectivity index (χ4v) is 3.94. The van der Waals surface area contributed by atoms with E-state index in [1.807, 2.05) is 4.90 Å². The quantitative estimate of drug-likeness (QED) is 0.908. The van der Waals surface area contributed by atoms with Gasteiger partial charge in [0.2, 0.25) is 5.95 Å². The molecule has 3 rings (SSSR count). The van der Waals surface area contributed by atoms with Gasteiger partial charge in [-0.1, -0.05) is 6.07 Å². The van der Waals surface area contributed by atoms with Crippen LogP contribution in [-0.4, -0.2) is 44.7 Å². The van der Waals surface area contributed by atoms with Gasteiger partial charge in [-0.2, -0.15) is 0 Å². The highest BCUT2D eigenvalue weighted by Gasteiger charge is 2.17. The molecule has 0 atom stereocenters. The van der Waals surface area contributed by atoms with E-state index in [0.717, 1.165) is 24.4 Å². The third-order valence-corrected chi connectivity index (χ3v) is 5.72. The topological polar surface area (TPSA) is 84.4 Å². The molecule has 1 saturated heterocycles. The number of hydrogen-bond donors (Lipinski definition) is 1. The van der Waals surface area contributed by atoms with Crippen LogP contribution < -0.4 is 9.62 Å². The number of hydrogen-bond acceptors (Lipinski definition) is 7. The molecule has 1 aliphatic rings. The van der Waals surface area contributed by atoms with Crippen LogP contribution in [0.3, 0.4) is 0 Å². The van der Waals surface area contributed by atoms with Gasteiger partial charge in [0.05, 0.1) is 31.3 Å². The lowest BCUT2D eigenvalue weighted by Gasteiger charge is -2.26. The van der Waals surface area contributed by atoms with Gasteiger partial charge in [0, 0.05) is 13.1 Å². The first kappa shape index (κ1) is 14.2. The maximum Gasteiger partial charge on any atom is 0.271 e. The Bertz CT molecular complexity index is 680. The summed E-state index contributed by atoms with van der Waals surface area (Å²) < 4.78 is 32.1. The van der Waals surface area contributed by atoms with Gasteiger partial charge in [0.1, 0.15) is 4.21 Å². The zero-order valence-corrected chi connectivity index (χ0v) is 12.7. The summed E-state index contributed by atoms with van der Waals surface area (Å²) in [6.07, 6.45) is 2.95. The molecule has 1 N–H and O–H groups in total. The van der Waals surface area contributed by atoms with Crippen LogP contribution in [0.15, 0.2) is 34.1 Å². The fourth-order valence-electron chi connectivity index (χ4n) is 1.92. The predicted octanol–water partition coefficient (Wildman–Crippen LogP) is 1.18. The molecule has 3 heterocycles. The second-order valence-corrected chi connectivity index (χ2v) is 7.27. The predicted molar refractivity (Wildman–Crippen MR) is 80.2 cm³/mol. The average molecular weight is 326 g/mol. The molecule has 0 aromatic carbocycles. The Hall–Kier alpha value is -1.71. The molecule has 1 fully saturated rings. The van der Waals surface area contributed by atoms with Crippen molar-refractivity contribution in [3.05, 3.63) is 29.9 Å². The maximum absolute atomic E-state index is 12.1. The molecular weight excluding hydrogens is 312 g/mol. The van der Waals surface area contributed by atoms with Gasteiger partial charge in [-0.05, 0) is 11.4 Å². The number of thiophene rings is 1. The fraction of sp³-hybridized carbons (Fsp3) is 0.333. The van der Waals surface area contributed by atoms with E-state index in [-0.39, 0.29) is 4.21 Å². The lowest BCUT2D eigenvalue weighted by molar-refractivity contribution is 0.122. The van der Waals surface area contributed by atoms with E-state index in [4.69, 9.17) is 4.74 Å². The van der Waals surface area contributed by atoms with Gasteiger partial charge in [-0.3, -0.25) is 4.72 Å². The number of nitrogens with zero attached hydrogens (tertiary/aromatic N) is 3. The van der Waals surface area contributed by atoms with E-state index in [9.17, 15) is 8.42 Å². The molecule has 1 aliphatic heterocycles. The Balaban J connectivity index is 1.72. The molecule has 2 aromatic heterocycles. The van der Waals surface area contributed by atoms with Crippen LogP contribution in [0.4, 0.5) is 11.6 Å². The first-order chi connectivity index (χ1) is 10.1. The SMILES string of the molecule is O=S(=O)(Nc1cnc(N2CCOCC2)nc1)c1cccs1. The highest BCUT2D eigenvalue weighted by atomic mass is 32.2. The highest BCUT2D eigenvalue weighted by Crippen LogP contribution is 2.20. The summed E-state index contributed by atoms with van der Waals surface area (Å²) in [5.41, 5.74) is 0.348. The molecule has 0 radical (unpaired) electrons. The molecule has 21 heavy (non-hydrogen) atoms. The van der Waals surface area contributed by atoms with Gasteiger partial charge in [-0.15, -0.1) is 11.3 Å². The highest BCUT2D eigenvalue weighted by molar-refractivity contribution is 7.94. The number of nitrogens with one attached hydrogen (secondary N) is 1. The van der Waals surface area contributed by atoms with Gasteiger partial charge in [0.25, 0.3) is 10.0 Å². The molecule has 0 saturated carbocycles. The lowest BCUT2D eigenvalue weighted by Crippen LogP contribution is -2.37. The molecule has 0 bridgehead atoms. The standard InChI is InChI=1S/C12H14N4O3S2/c17-21(18,11-2-1-7-20-11)15-10-8-13-12(14-9-10)16-3-5-19-6-4-16/h1-2,7-9,15H,3-6H2.